The van der Waals surface area contributed by atoms with E-state index in [2.05, 4.69) is 5.32 Å². The van der Waals surface area contributed by atoms with Crippen molar-refractivity contribution in [3.8, 4) is 0 Å². The van der Waals surface area contributed by atoms with Crippen molar-refractivity contribution in [3.63, 3.8) is 0 Å². The normalized spacial score (nSPS) is 12.0. The van der Waals surface area contributed by atoms with Crippen molar-refractivity contribution in [1.82, 2.24) is 10.2 Å². The predicted octanol–water partition coefficient (Wildman–Crippen LogP) is 5.32. The van der Waals surface area contributed by atoms with Gasteiger partial charge in [-0.25, -0.2) is 8.42 Å². The van der Waals surface area contributed by atoms with E-state index in [1.54, 1.807) is 4.90 Å². The zero-order valence-electron chi connectivity index (χ0n) is 24.9. The van der Waals surface area contributed by atoms with Crippen molar-refractivity contribution in [2.45, 2.75) is 66.0 Å². The fraction of sp³-hybridized carbons (Fsp3) is 0.394. The second kappa shape index (κ2) is 14.8. The molecule has 3 aromatic rings. The molecule has 3 aromatic carbocycles. The summed E-state index contributed by atoms with van der Waals surface area (Å²) in [6.45, 7) is 8.82. The Morgan fingerprint density at radius 3 is 2.12 bits per heavy atom. The molecule has 0 saturated carbocycles. The van der Waals surface area contributed by atoms with Gasteiger partial charge < -0.3 is 10.2 Å². The van der Waals surface area contributed by atoms with E-state index < -0.39 is 16.1 Å². The minimum Gasteiger partial charge on any atom is -0.354 e. The number of amides is 2. The van der Waals surface area contributed by atoms with E-state index in [1.807, 2.05) is 100 Å². The summed E-state index contributed by atoms with van der Waals surface area (Å²) in [6, 6.07) is 22.6. The van der Waals surface area contributed by atoms with E-state index in [9.17, 15) is 18.0 Å². The number of hydrogen-bond acceptors (Lipinski definition) is 4. The van der Waals surface area contributed by atoms with Gasteiger partial charge in [0.05, 0.1) is 11.9 Å². The zero-order valence-corrected chi connectivity index (χ0v) is 25.7. The molecule has 0 heterocycles. The molecule has 7 nitrogen and oxygen atoms in total. The van der Waals surface area contributed by atoms with Gasteiger partial charge in [-0.3, -0.25) is 13.9 Å². The van der Waals surface area contributed by atoms with Gasteiger partial charge in [-0.2, -0.15) is 0 Å². The molecule has 1 atom stereocenters. The van der Waals surface area contributed by atoms with Crippen LogP contribution in [-0.4, -0.2) is 50.5 Å². The lowest BCUT2D eigenvalue weighted by Gasteiger charge is -2.32. The number of anilines is 1. The smallest absolute Gasteiger partial charge is 0.243 e. The molecule has 8 heteroatoms. The monoisotopic (exact) mass is 577 g/mol. The van der Waals surface area contributed by atoms with E-state index in [0.717, 1.165) is 34.2 Å². The molecular formula is C33H43N3O4S. The molecule has 0 aliphatic rings. The molecular weight excluding hydrogens is 534 g/mol. The van der Waals surface area contributed by atoms with Crippen LogP contribution in [0.2, 0.25) is 0 Å². The van der Waals surface area contributed by atoms with Gasteiger partial charge in [-0.15, -0.1) is 0 Å². The Morgan fingerprint density at radius 2 is 1.51 bits per heavy atom. The van der Waals surface area contributed by atoms with E-state index in [0.29, 0.717) is 25.1 Å². The number of nitrogens with zero attached hydrogens (tertiary/aromatic N) is 2. The van der Waals surface area contributed by atoms with Crippen molar-refractivity contribution in [2.24, 2.45) is 0 Å². The number of hydrogen-bond donors (Lipinski definition) is 1. The molecule has 3 rings (SSSR count). The van der Waals surface area contributed by atoms with Crippen LogP contribution < -0.4 is 9.62 Å². The summed E-state index contributed by atoms with van der Waals surface area (Å²) in [7, 11) is -3.56. The summed E-state index contributed by atoms with van der Waals surface area (Å²) in [5.41, 5.74) is 5.50. The topological polar surface area (TPSA) is 86.8 Å². The molecule has 2 amide bonds. The Labute approximate surface area is 245 Å². The highest BCUT2D eigenvalue weighted by molar-refractivity contribution is 7.92. The summed E-state index contributed by atoms with van der Waals surface area (Å²) < 4.78 is 26.8. The molecule has 1 N–H and O–H groups in total. The number of carbonyl (C=O) groups excluding carboxylic acids is 2. The molecule has 220 valence electrons. The molecule has 0 saturated heterocycles. The van der Waals surface area contributed by atoms with Crippen molar-refractivity contribution in [2.75, 3.05) is 23.7 Å². The van der Waals surface area contributed by atoms with Crippen molar-refractivity contribution < 1.29 is 18.0 Å². The molecule has 0 bridgehead atoms. The van der Waals surface area contributed by atoms with Crippen LogP contribution in [0.5, 0.6) is 0 Å². The van der Waals surface area contributed by atoms with Gasteiger partial charge in [-0.05, 0) is 68.0 Å². The van der Waals surface area contributed by atoms with Crippen LogP contribution in [-0.2, 0) is 32.6 Å². The number of rotatable bonds is 14. The largest absolute Gasteiger partial charge is 0.354 e. The second-order valence-electron chi connectivity index (χ2n) is 10.8. The number of nitrogens with one attached hydrogen (secondary N) is 1. The Morgan fingerprint density at radius 1 is 0.854 bits per heavy atom. The van der Waals surface area contributed by atoms with Gasteiger partial charge in [0, 0.05) is 32.5 Å². The number of sulfonamides is 1. The van der Waals surface area contributed by atoms with Gasteiger partial charge >= 0.3 is 0 Å². The Kier molecular flexibility index (Phi) is 11.5. The summed E-state index contributed by atoms with van der Waals surface area (Å²) >= 11 is 0. The Hall–Kier alpha value is -3.65. The summed E-state index contributed by atoms with van der Waals surface area (Å²) in [5, 5.41) is 2.99. The number of aryl methyl sites for hydroxylation is 3. The molecule has 1 unspecified atom stereocenters. The van der Waals surface area contributed by atoms with Crippen LogP contribution in [0, 0.1) is 20.8 Å². The summed E-state index contributed by atoms with van der Waals surface area (Å²) in [6.07, 6.45) is 2.78. The third-order valence-corrected chi connectivity index (χ3v) is 8.10. The number of benzene rings is 3. The maximum absolute atomic E-state index is 13.9. The lowest BCUT2D eigenvalue weighted by atomic mass is 10.0. The lowest BCUT2D eigenvalue weighted by molar-refractivity contribution is -0.141. The fourth-order valence-electron chi connectivity index (χ4n) is 5.03. The van der Waals surface area contributed by atoms with Gasteiger partial charge in [0.15, 0.2) is 0 Å². The van der Waals surface area contributed by atoms with Gasteiger partial charge in [-0.1, -0.05) is 73.2 Å². The summed E-state index contributed by atoms with van der Waals surface area (Å²) in [4.78, 5) is 29.0. The van der Waals surface area contributed by atoms with Crippen molar-refractivity contribution in [1.29, 1.82) is 0 Å². The second-order valence-corrected chi connectivity index (χ2v) is 12.7. The maximum atomic E-state index is 13.9. The highest BCUT2D eigenvalue weighted by Gasteiger charge is 2.30. The minimum atomic E-state index is -3.56. The average molecular weight is 578 g/mol. The highest BCUT2D eigenvalue weighted by atomic mass is 32.2. The molecule has 41 heavy (non-hydrogen) atoms. The van der Waals surface area contributed by atoms with Crippen LogP contribution >= 0.6 is 0 Å². The first kappa shape index (κ1) is 31.9. The first-order valence-electron chi connectivity index (χ1n) is 14.2. The average Bonchev–Trinajstić information content (AvgIpc) is 2.91. The van der Waals surface area contributed by atoms with Gasteiger partial charge in [0.1, 0.15) is 6.04 Å². The highest BCUT2D eigenvalue weighted by Crippen LogP contribution is 2.23. The van der Waals surface area contributed by atoms with Crippen molar-refractivity contribution >= 4 is 27.5 Å². The van der Waals surface area contributed by atoms with E-state index in [1.165, 1.54) is 10.6 Å². The third-order valence-electron chi connectivity index (χ3n) is 6.90. The Balaban J connectivity index is 1.88. The fourth-order valence-corrected chi connectivity index (χ4v) is 5.97. The van der Waals surface area contributed by atoms with Crippen LogP contribution in [0.4, 0.5) is 5.69 Å². The minimum absolute atomic E-state index is 0.106. The van der Waals surface area contributed by atoms with E-state index >= 15 is 0 Å². The molecule has 0 fully saturated rings. The quantitative estimate of drug-likeness (QED) is 0.281. The predicted molar refractivity (Wildman–Crippen MR) is 166 cm³/mol. The molecule has 0 spiro atoms. The summed E-state index contributed by atoms with van der Waals surface area (Å²) in [5.74, 6) is -0.377. The van der Waals surface area contributed by atoms with Crippen LogP contribution in [0.1, 0.15) is 54.0 Å². The molecule has 0 aliphatic carbocycles. The van der Waals surface area contributed by atoms with Crippen LogP contribution in [0.15, 0.2) is 72.8 Å². The first-order valence-corrected chi connectivity index (χ1v) is 16.1. The van der Waals surface area contributed by atoms with Crippen LogP contribution in [0.25, 0.3) is 0 Å². The maximum Gasteiger partial charge on any atom is 0.243 e. The molecule has 0 radical (unpaired) electrons. The first-order chi connectivity index (χ1) is 19.5. The molecule has 0 aliphatic heterocycles. The van der Waals surface area contributed by atoms with Crippen molar-refractivity contribution in [3.05, 3.63) is 101 Å². The van der Waals surface area contributed by atoms with Gasteiger partial charge in [0.25, 0.3) is 0 Å². The third kappa shape index (κ3) is 9.74. The molecule has 0 aromatic heterocycles. The lowest BCUT2D eigenvalue weighted by Crippen LogP contribution is -2.50. The zero-order chi connectivity index (χ0) is 30.0. The van der Waals surface area contributed by atoms with Gasteiger partial charge in [0.2, 0.25) is 21.8 Å². The van der Waals surface area contributed by atoms with E-state index in [4.69, 9.17) is 0 Å². The SMILES string of the molecule is CCCNC(=O)C(Cc1ccccc1)N(Cc1cccc(C)c1)C(=O)CCCN(c1cc(C)cc(C)c1)S(C)(=O)=O. The number of carbonyl (C=O) groups is 2. The van der Waals surface area contributed by atoms with E-state index in [-0.39, 0.29) is 31.3 Å². The Bertz CT molecular complexity index is 1400. The standard InChI is InChI=1S/C33H43N3O4S/c1-6-17-34-33(38)31(23-28-13-8-7-9-14-28)35(24-29-15-10-12-25(2)20-29)32(37)16-11-18-36(41(5,39)40)30-21-26(3)19-27(4)22-30/h7-10,12-15,19-22,31H,6,11,16-18,23-24H2,1-5H3,(H,34,38). The van der Waals surface area contributed by atoms with Crippen LogP contribution in [0.3, 0.4) is 0 Å².